The van der Waals surface area contributed by atoms with Gasteiger partial charge in [0, 0.05) is 19.2 Å². The van der Waals surface area contributed by atoms with E-state index in [1.165, 1.54) is 32.6 Å². The molecule has 1 aromatic carbocycles. The fourth-order valence-electron chi connectivity index (χ4n) is 3.90. The van der Waals surface area contributed by atoms with Gasteiger partial charge in [0.25, 0.3) is 0 Å². The van der Waals surface area contributed by atoms with Gasteiger partial charge in [0.05, 0.1) is 47.9 Å². The Morgan fingerprint density at radius 1 is 1.32 bits per heavy atom. The third-order valence-corrected chi connectivity index (χ3v) is 6.24. The third-order valence-electron chi connectivity index (χ3n) is 5.58. The maximum absolute atomic E-state index is 14.9. The van der Waals surface area contributed by atoms with E-state index in [2.05, 4.69) is 28.5 Å². The molecule has 0 aliphatic carbocycles. The molecular formula is C23H20Cl2FN5O3. The van der Waals surface area contributed by atoms with E-state index in [4.69, 9.17) is 38.4 Å². The second kappa shape index (κ2) is 9.41. The van der Waals surface area contributed by atoms with Gasteiger partial charge in [-0.05, 0) is 18.4 Å². The Balaban J connectivity index is 1.86. The topological polar surface area (TPSA) is 95.5 Å². The van der Waals surface area contributed by atoms with Crippen molar-refractivity contribution in [3.63, 3.8) is 0 Å². The van der Waals surface area contributed by atoms with E-state index in [0.29, 0.717) is 35.4 Å². The van der Waals surface area contributed by atoms with Crippen LogP contribution < -0.4 is 15.2 Å². The summed E-state index contributed by atoms with van der Waals surface area (Å²) in [5.74, 6) is 5.00. The molecule has 2 N–H and O–H groups in total. The lowest BCUT2D eigenvalue weighted by molar-refractivity contribution is -0.125. The van der Waals surface area contributed by atoms with Gasteiger partial charge in [-0.3, -0.25) is 9.48 Å². The highest BCUT2D eigenvalue weighted by Crippen LogP contribution is 2.37. The van der Waals surface area contributed by atoms with E-state index >= 15 is 0 Å². The summed E-state index contributed by atoms with van der Waals surface area (Å²) in [4.78, 5) is 17.8. The first-order valence-corrected chi connectivity index (χ1v) is 10.9. The number of rotatable bonds is 4. The Morgan fingerprint density at radius 3 is 2.74 bits per heavy atom. The van der Waals surface area contributed by atoms with Crippen LogP contribution in [-0.4, -0.2) is 52.9 Å². The number of fused-ring (bicyclic) bond motifs is 1. The second-order valence-electron chi connectivity index (χ2n) is 7.47. The first-order valence-electron chi connectivity index (χ1n) is 10.2. The number of nitrogens with two attached hydrogens (primary N) is 1. The van der Waals surface area contributed by atoms with Crippen molar-refractivity contribution in [1.82, 2.24) is 19.7 Å². The lowest BCUT2D eigenvalue weighted by atomic mass is 10.1. The Kier molecular flexibility index (Phi) is 6.55. The molecule has 0 radical (unpaired) electrons. The summed E-state index contributed by atoms with van der Waals surface area (Å²) in [7, 11) is 2.73. The number of amides is 1. The van der Waals surface area contributed by atoms with Crippen LogP contribution >= 0.6 is 23.2 Å². The fraction of sp³-hybridized carbons (Fsp3) is 0.261. The number of methoxy groups -OCH3 is 2. The van der Waals surface area contributed by atoms with Gasteiger partial charge in [-0.1, -0.05) is 35.7 Å². The number of likely N-dealkylation sites (tertiary alicyclic amines) is 1. The molecule has 1 aliphatic heterocycles. The highest BCUT2D eigenvalue weighted by atomic mass is 35.5. The number of carbonyl (C=O) groups is 1. The quantitative estimate of drug-likeness (QED) is 0.429. The van der Waals surface area contributed by atoms with Gasteiger partial charge in [-0.2, -0.15) is 5.10 Å². The minimum atomic E-state index is -0.733. The first kappa shape index (κ1) is 23.7. The average molecular weight is 504 g/mol. The number of nitrogen functional groups attached to an aromatic ring is 1. The molecule has 1 amide bonds. The van der Waals surface area contributed by atoms with Gasteiger partial charge in [0.1, 0.15) is 22.3 Å². The van der Waals surface area contributed by atoms with Crippen LogP contribution in [0.3, 0.4) is 0 Å². The Labute approximate surface area is 205 Å². The summed E-state index contributed by atoms with van der Waals surface area (Å²) < 4.78 is 26.9. The van der Waals surface area contributed by atoms with Crippen molar-refractivity contribution in [2.45, 2.75) is 12.5 Å². The molecule has 1 fully saturated rings. The van der Waals surface area contributed by atoms with Crippen LogP contribution in [0.1, 0.15) is 23.7 Å². The molecule has 3 heterocycles. The van der Waals surface area contributed by atoms with Crippen LogP contribution in [0.5, 0.6) is 11.5 Å². The van der Waals surface area contributed by atoms with Crippen molar-refractivity contribution in [2.75, 3.05) is 33.0 Å². The summed E-state index contributed by atoms with van der Waals surface area (Å²) in [6.45, 7) is 4.50. The number of hydrogen-bond acceptors (Lipinski definition) is 6. The van der Waals surface area contributed by atoms with Crippen LogP contribution in [0.15, 0.2) is 24.9 Å². The van der Waals surface area contributed by atoms with Crippen molar-refractivity contribution in [3.05, 3.63) is 52.0 Å². The smallest absolute Gasteiger partial charge is 0.246 e. The van der Waals surface area contributed by atoms with Crippen LogP contribution in [0, 0.1) is 17.7 Å². The molecule has 0 bridgehead atoms. The summed E-state index contributed by atoms with van der Waals surface area (Å²) in [5.41, 5.74) is 6.81. The SMILES string of the molecule is C=CC(=O)N1CC[C@H](n2nc(C#Cc3c(F)c(OC)cc(OC)c3Cl)c3c(N)ncc(Cl)c32)C1. The molecule has 176 valence electrons. The van der Waals surface area contributed by atoms with Crippen molar-refractivity contribution in [3.8, 4) is 23.3 Å². The number of benzene rings is 1. The third kappa shape index (κ3) is 4.00. The number of ether oxygens (including phenoxy) is 2. The zero-order valence-electron chi connectivity index (χ0n) is 18.4. The normalized spacial score (nSPS) is 15.2. The first-order chi connectivity index (χ1) is 16.3. The molecule has 11 heteroatoms. The molecule has 3 aromatic rings. The van der Waals surface area contributed by atoms with Gasteiger partial charge < -0.3 is 20.1 Å². The highest BCUT2D eigenvalue weighted by Gasteiger charge is 2.30. The molecule has 4 rings (SSSR count). The van der Waals surface area contributed by atoms with Crippen molar-refractivity contribution in [2.24, 2.45) is 0 Å². The molecule has 1 atom stereocenters. The monoisotopic (exact) mass is 503 g/mol. The predicted octanol–water partition coefficient (Wildman–Crippen LogP) is 3.84. The fourth-order valence-corrected chi connectivity index (χ4v) is 4.39. The van der Waals surface area contributed by atoms with E-state index < -0.39 is 5.82 Å². The largest absolute Gasteiger partial charge is 0.495 e. The molecule has 2 aromatic heterocycles. The number of aromatic nitrogens is 3. The van der Waals surface area contributed by atoms with E-state index in [1.54, 1.807) is 9.58 Å². The molecule has 0 saturated carbocycles. The number of anilines is 1. The maximum atomic E-state index is 14.9. The molecular weight excluding hydrogens is 484 g/mol. The van der Waals surface area contributed by atoms with Crippen LogP contribution in [0.4, 0.5) is 10.2 Å². The van der Waals surface area contributed by atoms with Crippen molar-refractivity contribution < 1.29 is 18.7 Å². The van der Waals surface area contributed by atoms with Gasteiger partial charge in [-0.15, -0.1) is 0 Å². The van der Waals surface area contributed by atoms with Crippen LogP contribution in [-0.2, 0) is 4.79 Å². The summed E-state index contributed by atoms with van der Waals surface area (Å²) in [6, 6.07) is 1.17. The molecule has 1 aliphatic rings. The standard InChI is InChI=1S/C23H20Cl2FN5O3/c1-4-18(32)30-8-7-12(11-30)31-22-14(24)10-28-23(27)19(22)15(29-31)6-5-13-20(25)16(33-2)9-17(34-3)21(13)26/h4,9-10,12H,1,7-8,11H2,2-3H3,(H2,27,28)/t12-/m0/s1. The zero-order chi connectivity index (χ0) is 24.6. The van der Waals surface area contributed by atoms with Crippen LogP contribution in [0.2, 0.25) is 10.0 Å². The summed E-state index contributed by atoms with van der Waals surface area (Å²) >= 11 is 12.8. The van der Waals surface area contributed by atoms with E-state index in [-0.39, 0.29) is 45.5 Å². The van der Waals surface area contributed by atoms with Crippen molar-refractivity contribution >= 4 is 45.8 Å². The molecule has 1 saturated heterocycles. The molecule has 34 heavy (non-hydrogen) atoms. The molecule has 0 spiro atoms. The number of hydrogen-bond donors (Lipinski definition) is 1. The average Bonchev–Trinajstić information content (AvgIpc) is 3.47. The van der Waals surface area contributed by atoms with E-state index in [0.717, 1.165) is 0 Å². The molecule has 8 nitrogen and oxygen atoms in total. The number of nitrogens with zero attached hydrogens (tertiary/aromatic N) is 4. The van der Waals surface area contributed by atoms with Gasteiger partial charge in [0.2, 0.25) is 5.91 Å². The highest BCUT2D eigenvalue weighted by molar-refractivity contribution is 6.35. The lowest BCUT2D eigenvalue weighted by Crippen LogP contribution is -2.27. The Hall–Kier alpha value is -3.48. The van der Waals surface area contributed by atoms with Crippen molar-refractivity contribution in [1.29, 1.82) is 0 Å². The molecule has 0 unspecified atom stereocenters. The number of halogens is 3. The predicted molar refractivity (Wildman–Crippen MR) is 128 cm³/mol. The van der Waals surface area contributed by atoms with Gasteiger partial charge in [-0.25, -0.2) is 9.37 Å². The van der Waals surface area contributed by atoms with Crippen LogP contribution in [0.25, 0.3) is 10.9 Å². The minimum Gasteiger partial charge on any atom is -0.495 e. The lowest BCUT2D eigenvalue weighted by Gasteiger charge is -2.15. The minimum absolute atomic E-state index is 0.00413. The summed E-state index contributed by atoms with van der Waals surface area (Å²) in [6.07, 6.45) is 3.35. The van der Waals surface area contributed by atoms with E-state index in [1.807, 2.05) is 0 Å². The zero-order valence-corrected chi connectivity index (χ0v) is 19.9. The van der Waals surface area contributed by atoms with Gasteiger partial charge in [0.15, 0.2) is 11.6 Å². The van der Waals surface area contributed by atoms with E-state index in [9.17, 15) is 9.18 Å². The number of pyridine rings is 1. The summed E-state index contributed by atoms with van der Waals surface area (Å²) in [5, 5.41) is 5.37. The Bertz CT molecular complexity index is 1350. The van der Waals surface area contributed by atoms with Gasteiger partial charge >= 0.3 is 0 Å². The number of carbonyl (C=O) groups excluding carboxylic acids is 1. The maximum Gasteiger partial charge on any atom is 0.246 e. The Morgan fingerprint density at radius 2 is 2.06 bits per heavy atom. The second-order valence-corrected chi connectivity index (χ2v) is 8.26.